The highest BCUT2D eigenvalue weighted by atomic mass is 35.5. The molecule has 0 saturated heterocycles. The van der Waals surface area contributed by atoms with Crippen LogP contribution in [-0.4, -0.2) is 30.2 Å². The molecule has 1 N–H and O–H groups in total. The zero-order valence-corrected chi connectivity index (χ0v) is 13.1. The van der Waals surface area contributed by atoms with Crippen LogP contribution in [0.5, 0.6) is 0 Å². The molecule has 0 amide bonds. The molecule has 2 aromatic heterocycles. The van der Waals surface area contributed by atoms with Crippen LogP contribution in [0.1, 0.15) is 10.6 Å². The number of hydrogen-bond acceptors (Lipinski definition) is 4. The minimum atomic E-state index is 0.830. The first-order valence-corrected chi connectivity index (χ1v) is 7.40. The van der Waals surface area contributed by atoms with Crippen LogP contribution in [0, 0.1) is 0 Å². The van der Waals surface area contributed by atoms with Gasteiger partial charge in [0.15, 0.2) is 0 Å². The van der Waals surface area contributed by atoms with Gasteiger partial charge in [-0.15, -0.1) is 11.3 Å². The van der Waals surface area contributed by atoms with Crippen molar-refractivity contribution in [3.63, 3.8) is 0 Å². The van der Waals surface area contributed by atoms with Crippen LogP contribution in [0.25, 0.3) is 0 Å². The fourth-order valence-corrected chi connectivity index (χ4v) is 3.01. The average molecular weight is 299 g/mol. The Morgan fingerprint density at radius 3 is 2.79 bits per heavy atom. The maximum atomic E-state index is 5.90. The quantitative estimate of drug-likeness (QED) is 0.832. The summed E-state index contributed by atoms with van der Waals surface area (Å²) in [5, 5.41) is 3.44. The lowest BCUT2D eigenvalue weighted by molar-refractivity contribution is 0.654. The van der Waals surface area contributed by atoms with Gasteiger partial charge in [-0.3, -0.25) is 0 Å². The molecule has 6 heteroatoms. The van der Waals surface area contributed by atoms with E-state index in [2.05, 4.69) is 20.9 Å². The van der Waals surface area contributed by atoms with Gasteiger partial charge in [0.2, 0.25) is 5.95 Å². The van der Waals surface area contributed by atoms with Crippen LogP contribution in [-0.2, 0) is 20.0 Å². The maximum absolute atomic E-state index is 5.90. The Hall–Kier alpha value is -1.04. The molecule has 0 radical (unpaired) electrons. The van der Waals surface area contributed by atoms with E-state index in [0.717, 1.165) is 29.8 Å². The summed E-state index contributed by atoms with van der Waals surface area (Å²) in [4.78, 5) is 7.72. The van der Waals surface area contributed by atoms with E-state index >= 15 is 0 Å². The normalized spacial score (nSPS) is 10.9. The second kappa shape index (κ2) is 6.41. The van der Waals surface area contributed by atoms with E-state index in [1.807, 2.05) is 38.3 Å². The van der Waals surface area contributed by atoms with Crippen molar-refractivity contribution in [3.8, 4) is 0 Å². The summed E-state index contributed by atoms with van der Waals surface area (Å²) in [6.07, 6.45) is 2.93. The van der Waals surface area contributed by atoms with Crippen molar-refractivity contribution in [2.24, 2.45) is 7.05 Å². The Balaban J connectivity index is 1.80. The number of thiophene rings is 1. The first kappa shape index (κ1) is 14.4. The highest BCUT2D eigenvalue weighted by molar-refractivity contribution is 7.16. The number of nitrogens with one attached hydrogen (secondary N) is 1. The van der Waals surface area contributed by atoms with E-state index in [1.165, 1.54) is 10.6 Å². The van der Waals surface area contributed by atoms with Crippen molar-refractivity contribution in [1.29, 1.82) is 0 Å². The minimum Gasteiger partial charge on any atom is -0.348 e. The number of anilines is 1. The van der Waals surface area contributed by atoms with Crippen LogP contribution in [0.15, 0.2) is 18.3 Å². The molecular weight excluding hydrogens is 280 g/mol. The molecule has 2 heterocycles. The molecule has 0 saturated carbocycles. The number of imidazole rings is 1. The summed E-state index contributed by atoms with van der Waals surface area (Å²) in [6.45, 7) is 1.77. The molecule has 19 heavy (non-hydrogen) atoms. The molecule has 2 aromatic rings. The number of aromatic nitrogens is 2. The summed E-state index contributed by atoms with van der Waals surface area (Å²) < 4.78 is 2.96. The lowest BCUT2D eigenvalue weighted by atomic mass is 10.3. The van der Waals surface area contributed by atoms with Crippen LogP contribution >= 0.6 is 22.9 Å². The third-order valence-corrected chi connectivity index (χ3v) is 4.23. The maximum Gasteiger partial charge on any atom is 0.204 e. The Morgan fingerprint density at radius 1 is 1.42 bits per heavy atom. The first-order chi connectivity index (χ1) is 9.08. The molecule has 104 valence electrons. The molecule has 0 bridgehead atoms. The molecule has 0 aliphatic rings. The predicted molar refractivity (Wildman–Crippen MR) is 82.3 cm³/mol. The van der Waals surface area contributed by atoms with Crippen LogP contribution < -0.4 is 10.2 Å². The van der Waals surface area contributed by atoms with E-state index in [0.29, 0.717) is 0 Å². The summed E-state index contributed by atoms with van der Waals surface area (Å²) >= 11 is 7.55. The lowest BCUT2D eigenvalue weighted by Gasteiger charge is -2.12. The van der Waals surface area contributed by atoms with E-state index in [-0.39, 0.29) is 0 Å². The third-order valence-electron chi connectivity index (χ3n) is 2.94. The van der Waals surface area contributed by atoms with Crippen molar-refractivity contribution < 1.29 is 0 Å². The number of nitrogens with zero attached hydrogens (tertiary/aromatic N) is 3. The van der Waals surface area contributed by atoms with Gasteiger partial charge in [-0.05, 0) is 18.6 Å². The largest absolute Gasteiger partial charge is 0.348 e. The SMILES string of the molecule is CN(C)c1ncc(CNCCc2ccc(Cl)s2)n1C. The second-order valence-electron chi connectivity index (χ2n) is 4.64. The highest BCUT2D eigenvalue weighted by Gasteiger charge is 2.07. The first-order valence-electron chi connectivity index (χ1n) is 6.21. The zero-order chi connectivity index (χ0) is 13.8. The van der Waals surface area contributed by atoms with Gasteiger partial charge in [0.05, 0.1) is 16.2 Å². The van der Waals surface area contributed by atoms with Gasteiger partial charge < -0.3 is 14.8 Å². The summed E-state index contributed by atoms with van der Waals surface area (Å²) in [5.41, 5.74) is 1.19. The van der Waals surface area contributed by atoms with E-state index < -0.39 is 0 Å². The Kier molecular flexibility index (Phi) is 4.85. The van der Waals surface area contributed by atoms with E-state index in [9.17, 15) is 0 Å². The fourth-order valence-electron chi connectivity index (χ4n) is 1.93. The Bertz CT molecular complexity index is 532. The standard InChI is InChI=1S/C13H19ClN4S/c1-17(2)13-16-9-10(18(13)3)8-15-7-6-11-4-5-12(14)19-11/h4-5,9,15H,6-8H2,1-3H3. The summed E-state index contributed by atoms with van der Waals surface area (Å²) in [5.74, 6) is 0.974. The molecule has 0 spiro atoms. The zero-order valence-electron chi connectivity index (χ0n) is 11.5. The molecule has 2 rings (SSSR count). The minimum absolute atomic E-state index is 0.830. The number of halogens is 1. The smallest absolute Gasteiger partial charge is 0.204 e. The van der Waals surface area contributed by atoms with Crippen molar-refractivity contribution in [3.05, 3.63) is 33.2 Å². The van der Waals surface area contributed by atoms with E-state index in [1.54, 1.807) is 11.3 Å². The monoisotopic (exact) mass is 298 g/mol. The number of hydrogen-bond donors (Lipinski definition) is 1. The molecule has 0 aromatic carbocycles. The molecule has 0 unspecified atom stereocenters. The molecule has 0 aliphatic heterocycles. The van der Waals surface area contributed by atoms with Crippen LogP contribution in [0.2, 0.25) is 4.34 Å². The van der Waals surface area contributed by atoms with Crippen LogP contribution in [0.4, 0.5) is 5.95 Å². The lowest BCUT2D eigenvalue weighted by Crippen LogP contribution is -2.19. The van der Waals surface area contributed by atoms with Crippen molar-refractivity contribution in [1.82, 2.24) is 14.9 Å². The molecule has 4 nitrogen and oxygen atoms in total. The summed E-state index contributed by atoms with van der Waals surface area (Å²) in [6, 6.07) is 4.04. The van der Waals surface area contributed by atoms with Gasteiger partial charge in [0.25, 0.3) is 0 Å². The van der Waals surface area contributed by atoms with Gasteiger partial charge in [-0.1, -0.05) is 11.6 Å². The molecule has 0 atom stereocenters. The second-order valence-corrected chi connectivity index (χ2v) is 6.44. The van der Waals surface area contributed by atoms with Gasteiger partial charge >= 0.3 is 0 Å². The van der Waals surface area contributed by atoms with Gasteiger partial charge in [-0.2, -0.15) is 0 Å². The highest BCUT2D eigenvalue weighted by Crippen LogP contribution is 2.21. The molecule has 0 aliphatic carbocycles. The van der Waals surface area contributed by atoms with E-state index in [4.69, 9.17) is 11.6 Å². The topological polar surface area (TPSA) is 33.1 Å². The summed E-state index contributed by atoms with van der Waals surface area (Å²) in [7, 11) is 6.04. The number of rotatable bonds is 6. The van der Waals surface area contributed by atoms with Crippen LogP contribution in [0.3, 0.4) is 0 Å². The molecule has 0 fully saturated rings. The Labute approximate surface area is 123 Å². The van der Waals surface area contributed by atoms with Crippen molar-refractivity contribution in [2.45, 2.75) is 13.0 Å². The Morgan fingerprint density at radius 2 is 2.21 bits per heavy atom. The molecular formula is C13H19ClN4S. The van der Waals surface area contributed by atoms with Gasteiger partial charge in [0.1, 0.15) is 0 Å². The fraction of sp³-hybridized carbons (Fsp3) is 0.462. The third kappa shape index (κ3) is 3.72. The van der Waals surface area contributed by atoms with Gasteiger partial charge in [-0.25, -0.2) is 4.98 Å². The predicted octanol–water partition coefficient (Wildman–Crippen LogP) is 2.53. The average Bonchev–Trinajstić information content (AvgIpc) is 2.92. The van der Waals surface area contributed by atoms with Crippen molar-refractivity contribution in [2.75, 3.05) is 25.5 Å². The van der Waals surface area contributed by atoms with Crippen molar-refractivity contribution >= 4 is 28.9 Å². The van der Waals surface area contributed by atoms with Gasteiger partial charge in [0, 0.05) is 39.1 Å².